The van der Waals surface area contributed by atoms with Crippen LogP contribution in [0.4, 0.5) is 30.4 Å². The molecule has 0 aliphatic carbocycles. The number of imidazole rings is 1. The Labute approximate surface area is 172 Å². The molecular weight excluding hydrogens is 417 g/mol. The molecule has 0 radical (unpaired) electrons. The Hall–Kier alpha value is -4.41. The molecular formula is C17H13F3N10O. The van der Waals surface area contributed by atoms with E-state index in [9.17, 15) is 18.4 Å². The van der Waals surface area contributed by atoms with Crippen LogP contribution in [-0.2, 0) is 0 Å². The molecule has 1 aromatic carbocycles. The summed E-state index contributed by atoms with van der Waals surface area (Å²) >= 11 is 0. The predicted molar refractivity (Wildman–Crippen MR) is 101 cm³/mol. The highest BCUT2D eigenvalue weighted by atomic mass is 19.4. The van der Waals surface area contributed by atoms with Crippen molar-refractivity contribution in [1.82, 2.24) is 34.8 Å². The molecule has 0 saturated carbocycles. The van der Waals surface area contributed by atoms with Gasteiger partial charge in [-0.3, -0.25) is 0 Å². The maximum absolute atomic E-state index is 12.7. The van der Waals surface area contributed by atoms with Crippen molar-refractivity contribution in [3.05, 3.63) is 42.5 Å². The van der Waals surface area contributed by atoms with Gasteiger partial charge in [0.2, 0.25) is 0 Å². The normalized spacial score (nSPS) is 11.3. The number of hydrogen-bond acceptors (Lipinski definition) is 9. The quantitative estimate of drug-likeness (QED) is 0.473. The highest BCUT2D eigenvalue weighted by Gasteiger charge is 2.27. The monoisotopic (exact) mass is 430 g/mol. The molecule has 11 nitrogen and oxygen atoms in total. The van der Waals surface area contributed by atoms with E-state index in [0.717, 1.165) is 4.52 Å². The van der Waals surface area contributed by atoms with E-state index in [1.165, 1.54) is 30.4 Å². The van der Waals surface area contributed by atoms with Gasteiger partial charge in [-0.25, -0.2) is 9.67 Å². The summed E-state index contributed by atoms with van der Waals surface area (Å²) in [4.78, 5) is 3.99. The van der Waals surface area contributed by atoms with Crippen LogP contribution in [0.5, 0.6) is 5.75 Å². The van der Waals surface area contributed by atoms with Crippen LogP contribution in [0.3, 0.4) is 0 Å². The number of halogens is 3. The van der Waals surface area contributed by atoms with Crippen molar-refractivity contribution in [2.45, 2.75) is 6.18 Å². The van der Waals surface area contributed by atoms with Crippen LogP contribution in [0.25, 0.3) is 11.3 Å². The van der Waals surface area contributed by atoms with Gasteiger partial charge in [-0.15, -0.1) is 10.2 Å². The van der Waals surface area contributed by atoms with E-state index >= 15 is 0 Å². The van der Waals surface area contributed by atoms with Gasteiger partial charge in [0.05, 0.1) is 24.7 Å². The number of rotatable bonds is 6. The zero-order valence-electron chi connectivity index (χ0n) is 15.8. The minimum Gasteiger partial charge on any atom is -0.497 e. The van der Waals surface area contributed by atoms with Crippen LogP contribution >= 0.6 is 0 Å². The molecule has 0 fully saturated rings. The first-order chi connectivity index (χ1) is 14.9. The summed E-state index contributed by atoms with van der Waals surface area (Å²) in [6.07, 6.45) is -1.81. The van der Waals surface area contributed by atoms with E-state index in [1.807, 2.05) is 6.07 Å². The molecule has 4 rings (SSSR count). The Morgan fingerprint density at radius 3 is 2.74 bits per heavy atom. The van der Waals surface area contributed by atoms with Gasteiger partial charge < -0.3 is 15.4 Å². The fourth-order valence-electron chi connectivity index (χ4n) is 2.76. The lowest BCUT2D eigenvalue weighted by molar-refractivity contribution is -0.115. The van der Waals surface area contributed by atoms with Crippen LogP contribution in [0.15, 0.2) is 36.8 Å². The number of nitriles is 1. The van der Waals surface area contributed by atoms with Crippen LogP contribution in [0, 0.1) is 11.3 Å². The summed E-state index contributed by atoms with van der Waals surface area (Å²) in [6.45, 7) is -1.27. The number of fused-ring (bicyclic) bond motifs is 1. The lowest BCUT2D eigenvalue weighted by Crippen LogP contribution is -2.22. The summed E-state index contributed by atoms with van der Waals surface area (Å²) in [7, 11) is 1.48. The summed E-state index contributed by atoms with van der Waals surface area (Å²) in [5, 5.41) is 29.8. The van der Waals surface area contributed by atoms with E-state index < -0.39 is 12.7 Å². The molecule has 4 aromatic rings. The molecule has 3 aromatic heterocycles. The fraction of sp³-hybridized carbons (Fsp3) is 0.176. The molecule has 0 spiro atoms. The molecule has 2 N–H and O–H groups in total. The minimum atomic E-state index is -4.44. The van der Waals surface area contributed by atoms with Crippen molar-refractivity contribution < 1.29 is 17.9 Å². The smallest absolute Gasteiger partial charge is 0.405 e. The first-order valence-corrected chi connectivity index (χ1v) is 8.65. The Balaban J connectivity index is 1.74. The maximum atomic E-state index is 12.7. The Morgan fingerprint density at radius 2 is 2.06 bits per heavy atom. The average molecular weight is 430 g/mol. The van der Waals surface area contributed by atoms with Crippen LogP contribution in [0.2, 0.25) is 0 Å². The zero-order valence-corrected chi connectivity index (χ0v) is 15.8. The van der Waals surface area contributed by atoms with Crippen molar-refractivity contribution in [1.29, 1.82) is 5.26 Å². The van der Waals surface area contributed by atoms with Gasteiger partial charge in [0.25, 0.3) is 0 Å². The first kappa shape index (κ1) is 19.9. The number of benzene rings is 1. The van der Waals surface area contributed by atoms with Crippen LogP contribution in [-0.4, -0.2) is 54.6 Å². The molecule has 0 bridgehead atoms. The molecule has 31 heavy (non-hydrogen) atoms. The first-order valence-electron chi connectivity index (χ1n) is 8.65. The van der Waals surface area contributed by atoms with Crippen LogP contribution < -0.4 is 15.4 Å². The number of nitrogens with zero attached hydrogens (tertiary/aromatic N) is 8. The summed E-state index contributed by atoms with van der Waals surface area (Å²) in [6, 6.07) is 8.30. The highest BCUT2D eigenvalue weighted by Crippen LogP contribution is 2.28. The van der Waals surface area contributed by atoms with Crippen molar-refractivity contribution in [2.24, 2.45) is 0 Å². The number of tetrazole rings is 1. The minimum absolute atomic E-state index is 0.0555. The summed E-state index contributed by atoms with van der Waals surface area (Å²) < 4.78 is 46.0. The van der Waals surface area contributed by atoms with Crippen molar-refractivity contribution in [2.75, 3.05) is 24.3 Å². The molecule has 3 heterocycles. The molecule has 0 aliphatic heterocycles. The summed E-state index contributed by atoms with van der Waals surface area (Å²) in [5.74, 6) is 0.648. The van der Waals surface area contributed by atoms with Gasteiger partial charge in [-0.2, -0.15) is 22.9 Å². The van der Waals surface area contributed by atoms with E-state index in [-0.39, 0.29) is 22.8 Å². The van der Waals surface area contributed by atoms with Gasteiger partial charge in [0, 0.05) is 23.9 Å². The fourth-order valence-corrected chi connectivity index (χ4v) is 2.76. The predicted octanol–water partition coefficient (Wildman–Crippen LogP) is 2.30. The highest BCUT2D eigenvalue weighted by molar-refractivity contribution is 5.73. The van der Waals surface area contributed by atoms with Gasteiger partial charge in [-0.05, 0) is 16.5 Å². The van der Waals surface area contributed by atoms with Crippen molar-refractivity contribution in [3.63, 3.8) is 0 Å². The van der Waals surface area contributed by atoms with Crippen molar-refractivity contribution >= 4 is 22.8 Å². The second-order valence-electron chi connectivity index (χ2n) is 6.20. The number of methoxy groups -OCH3 is 1. The second kappa shape index (κ2) is 7.78. The molecule has 0 amide bonds. The SMILES string of the molecule is COc1cc(Nc2cc(NCC(F)(F)F)c3ncc(C#N)n3n2)cc(-n2cnnn2)c1. The molecule has 14 heteroatoms. The number of aromatic nitrogens is 7. The third kappa shape index (κ3) is 4.29. The third-order valence-corrected chi connectivity index (χ3v) is 4.07. The van der Waals surface area contributed by atoms with E-state index in [4.69, 9.17) is 4.74 Å². The molecule has 0 aliphatic rings. The lowest BCUT2D eigenvalue weighted by atomic mass is 10.2. The number of anilines is 3. The average Bonchev–Trinajstić information content (AvgIpc) is 3.41. The van der Waals surface area contributed by atoms with E-state index in [0.29, 0.717) is 17.1 Å². The molecule has 0 unspecified atom stereocenters. The van der Waals surface area contributed by atoms with Gasteiger partial charge >= 0.3 is 6.18 Å². The number of hydrogen-bond donors (Lipinski definition) is 2. The maximum Gasteiger partial charge on any atom is 0.405 e. The van der Waals surface area contributed by atoms with Gasteiger partial charge in [0.1, 0.15) is 24.7 Å². The zero-order chi connectivity index (χ0) is 22.0. The topological polar surface area (TPSA) is 131 Å². The van der Waals surface area contributed by atoms with Crippen LogP contribution in [0.1, 0.15) is 5.69 Å². The Morgan fingerprint density at radius 1 is 1.23 bits per heavy atom. The molecule has 0 atom stereocenters. The standard InChI is InChI=1S/C17H13F3N10O/c1-31-13-3-10(2-11(4-13)29-9-24-27-28-29)25-15-5-14(23-8-17(18,19)20)16-22-7-12(6-21)30(16)26-15/h2-5,7,9,23H,8H2,1H3,(H,25,26). The Bertz CT molecular complexity index is 1260. The molecule has 158 valence electrons. The Kier molecular flexibility index (Phi) is 4.99. The van der Waals surface area contributed by atoms with Gasteiger partial charge in [0.15, 0.2) is 17.2 Å². The second-order valence-corrected chi connectivity index (χ2v) is 6.20. The van der Waals surface area contributed by atoms with Crippen molar-refractivity contribution in [3.8, 4) is 17.5 Å². The summed E-state index contributed by atoms with van der Waals surface area (Å²) in [5.41, 5.74) is 1.28. The molecule has 0 saturated heterocycles. The van der Waals surface area contributed by atoms with E-state index in [1.54, 1.807) is 18.2 Å². The largest absolute Gasteiger partial charge is 0.497 e. The lowest BCUT2D eigenvalue weighted by Gasteiger charge is -2.14. The van der Waals surface area contributed by atoms with E-state index in [2.05, 4.69) is 36.2 Å². The number of ether oxygens (including phenoxy) is 1. The number of alkyl halides is 3. The number of nitrogens with one attached hydrogen (secondary N) is 2. The third-order valence-electron chi connectivity index (χ3n) is 4.07. The van der Waals surface area contributed by atoms with Gasteiger partial charge in [-0.1, -0.05) is 0 Å².